The van der Waals surface area contributed by atoms with E-state index < -0.39 is 5.97 Å². The third-order valence-electron chi connectivity index (χ3n) is 3.28. The van der Waals surface area contributed by atoms with E-state index >= 15 is 0 Å². The molecule has 1 amide bonds. The molecule has 0 aliphatic heterocycles. The number of aromatic nitrogens is 2. The molecule has 23 heavy (non-hydrogen) atoms. The van der Waals surface area contributed by atoms with Crippen LogP contribution in [0.2, 0.25) is 0 Å². The summed E-state index contributed by atoms with van der Waals surface area (Å²) in [6, 6.07) is 3.61. The van der Waals surface area contributed by atoms with Crippen molar-refractivity contribution in [2.45, 2.75) is 20.8 Å². The summed E-state index contributed by atoms with van der Waals surface area (Å²) in [5, 5.41) is 15.3. The van der Waals surface area contributed by atoms with Crippen LogP contribution in [0.1, 0.15) is 27.5 Å². The number of nitrogens with one attached hydrogen (secondary N) is 1. The molecule has 0 fully saturated rings. The number of thioether (sulfide) groups is 1. The second-order valence-electron chi connectivity index (χ2n) is 5.12. The Morgan fingerprint density at radius 1 is 1.35 bits per heavy atom. The van der Waals surface area contributed by atoms with Crippen LogP contribution in [0.15, 0.2) is 16.7 Å². The molecule has 124 valence electrons. The van der Waals surface area contributed by atoms with E-state index in [0.29, 0.717) is 29.4 Å². The molecule has 0 aromatic carbocycles. The number of nitrogens with zero attached hydrogens (tertiary/aromatic N) is 2. The molecule has 0 spiro atoms. The standard InChI is InChI=1S/C15H19N3O4S/c1-9-6-12(15(21)16-4-5-23-8-14(19)20)11(3)18(9)13-7-10(2)22-17-13/h6-7H,4-5,8H2,1-3H3,(H,16,21)(H,19,20). The number of rotatable bonds is 7. The Labute approximate surface area is 138 Å². The van der Waals surface area contributed by atoms with Crippen molar-refractivity contribution < 1.29 is 19.2 Å². The van der Waals surface area contributed by atoms with E-state index in [1.807, 2.05) is 31.4 Å². The fraction of sp³-hybridized carbons (Fsp3) is 0.400. The van der Waals surface area contributed by atoms with Crippen LogP contribution in [0.3, 0.4) is 0 Å². The van der Waals surface area contributed by atoms with Gasteiger partial charge < -0.3 is 14.9 Å². The number of carboxylic acid groups (broad SMARTS) is 1. The van der Waals surface area contributed by atoms with Gasteiger partial charge >= 0.3 is 5.97 Å². The second-order valence-corrected chi connectivity index (χ2v) is 6.22. The topological polar surface area (TPSA) is 97.4 Å². The SMILES string of the molecule is Cc1cc(-n2c(C)cc(C(=O)NCCSCC(=O)O)c2C)no1. The third-order valence-corrected chi connectivity index (χ3v) is 4.22. The minimum atomic E-state index is -0.854. The van der Waals surface area contributed by atoms with E-state index in [2.05, 4.69) is 10.5 Å². The Balaban J connectivity index is 2.03. The summed E-state index contributed by atoms with van der Waals surface area (Å²) >= 11 is 1.27. The maximum atomic E-state index is 12.3. The van der Waals surface area contributed by atoms with Gasteiger partial charge in [-0.3, -0.25) is 14.2 Å². The summed E-state index contributed by atoms with van der Waals surface area (Å²) in [6.45, 7) is 5.98. The van der Waals surface area contributed by atoms with E-state index in [1.165, 1.54) is 11.8 Å². The molecule has 0 aliphatic rings. The first-order valence-corrected chi connectivity index (χ1v) is 8.26. The van der Waals surface area contributed by atoms with Gasteiger partial charge in [-0.05, 0) is 26.8 Å². The van der Waals surface area contributed by atoms with Crippen molar-refractivity contribution in [3.05, 3.63) is 34.8 Å². The Morgan fingerprint density at radius 2 is 2.09 bits per heavy atom. The van der Waals surface area contributed by atoms with Crippen LogP contribution in [0.25, 0.3) is 5.82 Å². The first-order valence-electron chi connectivity index (χ1n) is 7.10. The first-order chi connectivity index (χ1) is 10.9. The monoisotopic (exact) mass is 337 g/mol. The fourth-order valence-electron chi connectivity index (χ4n) is 2.30. The number of hydrogen-bond acceptors (Lipinski definition) is 5. The van der Waals surface area contributed by atoms with Crippen LogP contribution in [0.4, 0.5) is 0 Å². The van der Waals surface area contributed by atoms with Crippen LogP contribution in [-0.2, 0) is 4.79 Å². The smallest absolute Gasteiger partial charge is 0.313 e. The Bertz CT molecular complexity index is 720. The largest absolute Gasteiger partial charge is 0.481 e. The summed E-state index contributed by atoms with van der Waals surface area (Å²) in [5.74, 6) is 0.908. The minimum absolute atomic E-state index is 0.0376. The van der Waals surface area contributed by atoms with Gasteiger partial charge in [-0.25, -0.2) is 0 Å². The van der Waals surface area contributed by atoms with E-state index in [4.69, 9.17) is 9.63 Å². The Kier molecular flexibility index (Phi) is 5.49. The Hall–Kier alpha value is -2.22. The first kappa shape index (κ1) is 17.1. The number of aliphatic carboxylic acids is 1. The van der Waals surface area contributed by atoms with Crippen molar-refractivity contribution in [1.82, 2.24) is 15.0 Å². The molecule has 7 nitrogen and oxygen atoms in total. The van der Waals surface area contributed by atoms with Crippen molar-refractivity contribution in [3.63, 3.8) is 0 Å². The molecule has 2 N–H and O–H groups in total. The van der Waals surface area contributed by atoms with Crippen molar-refractivity contribution >= 4 is 23.6 Å². The third kappa shape index (κ3) is 4.16. The number of carboxylic acids is 1. The molecule has 8 heteroatoms. The molecule has 0 atom stereocenters. The summed E-state index contributed by atoms with van der Waals surface area (Å²) in [5.41, 5.74) is 2.25. The molecule has 0 aliphatic carbocycles. The van der Waals surface area contributed by atoms with Gasteiger partial charge in [0.25, 0.3) is 5.91 Å². The quantitative estimate of drug-likeness (QED) is 0.749. The lowest BCUT2D eigenvalue weighted by Crippen LogP contribution is -2.26. The van der Waals surface area contributed by atoms with Gasteiger partial charge in [0.15, 0.2) is 5.82 Å². The molecule has 2 heterocycles. The number of carbonyl (C=O) groups excluding carboxylic acids is 1. The zero-order valence-corrected chi connectivity index (χ0v) is 14.1. The number of carbonyl (C=O) groups is 2. The number of hydrogen-bond donors (Lipinski definition) is 2. The van der Waals surface area contributed by atoms with E-state index in [9.17, 15) is 9.59 Å². The van der Waals surface area contributed by atoms with Gasteiger partial charge in [-0.15, -0.1) is 11.8 Å². The van der Waals surface area contributed by atoms with Crippen molar-refractivity contribution in [3.8, 4) is 5.82 Å². The molecule has 0 bridgehead atoms. The van der Waals surface area contributed by atoms with Gasteiger partial charge in [0.1, 0.15) is 5.76 Å². The highest BCUT2D eigenvalue weighted by Crippen LogP contribution is 2.20. The molecular formula is C15H19N3O4S. The van der Waals surface area contributed by atoms with Crippen LogP contribution in [0.5, 0.6) is 0 Å². The van der Waals surface area contributed by atoms with Crippen LogP contribution >= 0.6 is 11.8 Å². The molecule has 0 unspecified atom stereocenters. The lowest BCUT2D eigenvalue weighted by atomic mass is 10.2. The molecule has 0 saturated heterocycles. The van der Waals surface area contributed by atoms with Gasteiger partial charge in [0.2, 0.25) is 0 Å². The summed E-state index contributed by atoms with van der Waals surface area (Å²) in [6.07, 6.45) is 0. The average molecular weight is 337 g/mol. The fourth-order valence-corrected chi connectivity index (χ4v) is 2.86. The molecule has 2 aromatic heterocycles. The highest BCUT2D eigenvalue weighted by molar-refractivity contribution is 7.99. The number of amides is 1. The van der Waals surface area contributed by atoms with Gasteiger partial charge in [-0.2, -0.15) is 0 Å². The Morgan fingerprint density at radius 3 is 2.70 bits per heavy atom. The van der Waals surface area contributed by atoms with Crippen molar-refractivity contribution in [2.75, 3.05) is 18.1 Å². The van der Waals surface area contributed by atoms with E-state index in [-0.39, 0.29) is 11.7 Å². The van der Waals surface area contributed by atoms with E-state index in [1.54, 1.807) is 6.07 Å². The number of aryl methyl sites for hydroxylation is 2. The highest BCUT2D eigenvalue weighted by atomic mass is 32.2. The van der Waals surface area contributed by atoms with Crippen LogP contribution in [0, 0.1) is 20.8 Å². The summed E-state index contributed by atoms with van der Waals surface area (Å²) in [7, 11) is 0. The predicted molar refractivity (Wildman–Crippen MR) is 87.3 cm³/mol. The molecular weight excluding hydrogens is 318 g/mol. The average Bonchev–Trinajstić information content (AvgIpc) is 3.01. The van der Waals surface area contributed by atoms with Crippen LogP contribution in [-0.4, -0.2) is 44.8 Å². The maximum absolute atomic E-state index is 12.3. The normalized spacial score (nSPS) is 10.7. The van der Waals surface area contributed by atoms with Crippen molar-refractivity contribution in [2.24, 2.45) is 0 Å². The predicted octanol–water partition coefficient (Wildman–Crippen LogP) is 1.94. The van der Waals surface area contributed by atoms with Gasteiger partial charge in [0, 0.05) is 29.8 Å². The van der Waals surface area contributed by atoms with Gasteiger partial charge in [-0.1, -0.05) is 5.16 Å². The summed E-state index contributed by atoms with van der Waals surface area (Å²) in [4.78, 5) is 22.7. The summed E-state index contributed by atoms with van der Waals surface area (Å²) < 4.78 is 6.95. The molecule has 2 aromatic rings. The molecule has 2 rings (SSSR count). The van der Waals surface area contributed by atoms with Gasteiger partial charge in [0.05, 0.1) is 11.3 Å². The van der Waals surface area contributed by atoms with Crippen LogP contribution < -0.4 is 5.32 Å². The highest BCUT2D eigenvalue weighted by Gasteiger charge is 2.18. The molecule has 0 saturated carbocycles. The van der Waals surface area contributed by atoms with E-state index in [0.717, 1.165) is 11.4 Å². The van der Waals surface area contributed by atoms with Crippen molar-refractivity contribution in [1.29, 1.82) is 0 Å². The zero-order chi connectivity index (χ0) is 17.0. The zero-order valence-electron chi connectivity index (χ0n) is 13.3. The lowest BCUT2D eigenvalue weighted by molar-refractivity contribution is -0.133. The lowest BCUT2D eigenvalue weighted by Gasteiger charge is -2.06. The molecule has 0 radical (unpaired) electrons. The minimum Gasteiger partial charge on any atom is -0.481 e. The maximum Gasteiger partial charge on any atom is 0.313 e. The second kappa shape index (κ2) is 7.36.